The molecule has 0 radical (unpaired) electrons. The molecular weight excluding hydrogens is 390 g/mol. The van der Waals surface area contributed by atoms with E-state index < -0.39 is 0 Å². The third-order valence-corrected chi connectivity index (χ3v) is 5.80. The minimum atomic E-state index is -0.147. The molecule has 3 aromatic rings. The lowest BCUT2D eigenvalue weighted by molar-refractivity contribution is 0.0925. The van der Waals surface area contributed by atoms with E-state index in [1.807, 2.05) is 6.07 Å². The fourth-order valence-electron chi connectivity index (χ4n) is 4.12. The molecule has 6 heteroatoms. The average Bonchev–Trinajstić information content (AvgIpc) is 3.39. The number of carbonyl (C=O) groups is 1. The van der Waals surface area contributed by atoms with E-state index in [0.717, 1.165) is 35.6 Å². The van der Waals surface area contributed by atoms with E-state index in [2.05, 4.69) is 48.1 Å². The largest absolute Gasteiger partial charge is 0.493 e. The van der Waals surface area contributed by atoms with Gasteiger partial charge in [-0.25, -0.2) is 4.98 Å². The van der Waals surface area contributed by atoms with Gasteiger partial charge in [0.15, 0.2) is 11.5 Å². The zero-order valence-electron chi connectivity index (χ0n) is 18.5. The quantitative estimate of drug-likeness (QED) is 0.606. The molecule has 4 rings (SSSR count). The minimum absolute atomic E-state index is 0.130. The summed E-state index contributed by atoms with van der Waals surface area (Å²) in [6.07, 6.45) is 4.34. The summed E-state index contributed by atoms with van der Waals surface area (Å²) < 4.78 is 12.9. The number of amides is 1. The van der Waals surface area contributed by atoms with Gasteiger partial charge < -0.3 is 19.4 Å². The molecule has 1 unspecified atom stereocenters. The van der Waals surface area contributed by atoms with Gasteiger partial charge in [0, 0.05) is 30.3 Å². The Morgan fingerprint density at radius 1 is 1.10 bits per heavy atom. The van der Waals surface area contributed by atoms with Crippen LogP contribution in [0, 0.1) is 5.92 Å². The molecule has 2 heterocycles. The van der Waals surface area contributed by atoms with Crippen molar-refractivity contribution in [3.05, 3.63) is 65.6 Å². The molecule has 1 amide bonds. The molecule has 0 spiro atoms. The van der Waals surface area contributed by atoms with Crippen LogP contribution < -0.4 is 14.8 Å². The smallest absolute Gasteiger partial charge is 0.251 e. The number of carbonyl (C=O) groups excluding carboxylic acids is 1. The fraction of sp³-hybridized carbons (Fsp3) is 0.360. The van der Waals surface area contributed by atoms with Crippen molar-refractivity contribution in [2.75, 3.05) is 14.2 Å². The first-order valence-electron chi connectivity index (χ1n) is 10.7. The highest BCUT2D eigenvalue weighted by atomic mass is 16.5. The highest BCUT2D eigenvalue weighted by Gasteiger charge is 2.21. The Morgan fingerprint density at radius 3 is 2.61 bits per heavy atom. The minimum Gasteiger partial charge on any atom is -0.493 e. The van der Waals surface area contributed by atoms with Crippen LogP contribution in [0.2, 0.25) is 0 Å². The van der Waals surface area contributed by atoms with Crippen molar-refractivity contribution in [2.45, 2.75) is 39.3 Å². The number of hydrogen-bond donors (Lipinski definition) is 1. The van der Waals surface area contributed by atoms with Gasteiger partial charge in [0.1, 0.15) is 5.82 Å². The van der Waals surface area contributed by atoms with Crippen molar-refractivity contribution >= 4 is 5.91 Å². The molecule has 0 saturated carbocycles. The highest BCUT2D eigenvalue weighted by molar-refractivity contribution is 5.95. The van der Waals surface area contributed by atoms with Crippen LogP contribution in [0.25, 0.3) is 11.3 Å². The van der Waals surface area contributed by atoms with Crippen molar-refractivity contribution in [1.82, 2.24) is 14.9 Å². The number of fused-ring (bicyclic) bond motifs is 1. The second-order valence-electron chi connectivity index (χ2n) is 8.23. The Kier molecular flexibility index (Phi) is 5.98. The van der Waals surface area contributed by atoms with Crippen molar-refractivity contribution in [2.24, 2.45) is 5.92 Å². The summed E-state index contributed by atoms with van der Waals surface area (Å²) in [6, 6.07) is 13.4. The molecule has 162 valence electrons. The van der Waals surface area contributed by atoms with Crippen LogP contribution in [0.1, 0.15) is 48.1 Å². The van der Waals surface area contributed by atoms with Crippen LogP contribution >= 0.6 is 0 Å². The number of nitrogens with zero attached hydrogens (tertiary/aromatic N) is 2. The summed E-state index contributed by atoms with van der Waals surface area (Å²) >= 11 is 0. The van der Waals surface area contributed by atoms with Gasteiger partial charge in [-0.3, -0.25) is 4.79 Å². The van der Waals surface area contributed by atoms with Crippen LogP contribution in [0.15, 0.2) is 48.7 Å². The second kappa shape index (κ2) is 8.84. The standard InChI is InChI=1S/C25H29N3O3/c1-16(2)24(27-25(29)19-10-11-21(30-3)22(14-19)31-4)18-8-5-7-17(13-18)20-15-28-12-6-9-23(28)26-20/h5,7-8,10-11,13-16,24H,6,9,12H2,1-4H3,(H,27,29). The number of aromatic nitrogens is 2. The second-order valence-corrected chi connectivity index (χ2v) is 8.23. The van der Waals surface area contributed by atoms with Crippen molar-refractivity contribution < 1.29 is 14.3 Å². The summed E-state index contributed by atoms with van der Waals surface area (Å²) in [4.78, 5) is 17.8. The monoisotopic (exact) mass is 419 g/mol. The number of benzene rings is 2. The normalized spacial score (nSPS) is 13.7. The van der Waals surface area contributed by atoms with Crippen LogP contribution in [0.4, 0.5) is 0 Å². The van der Waals surface area contributed by atoms with Gasteiger partial charge >= 0.3 is 0 Å². The lowest BCUT2D eigenvalue weighted by atomic mass is 9.93. The van der Waals surface area contributed by atoms with Gasteiger partial charge in [0.25, 0.3) is 5.91 Å². The summed E-state index contributed by atoms with van der Waals surface area (Å²) in [5, 5.41) is 3.19. The molecule has 0 bridgehead atoms. The number of hydrogen-bond acceptors (Lipinski definition) is 4. The number of aryl methyl sites for hydroxylation is 2. The summed E-state index contributed by atoms with van der Waals surface area (Å²) in [5.41, 5.74) is 3.66. The molecule has 31 heavy (non-hydrogen) atoms. The van der Waals surface area contributed by atoms with Crippen LogP contribution in [-0.2, 0) is 13.0 Å². The highest BCUT2D eigenvalue weighted by Crippen LogP contribution is 2.30. The Bertz CT molecular complexity index is 1070. The summed E-state index contributed by atoms with van der Waals surface area (Å²) in [5.74, 6) is 2.35. The van der Waals surface area contributed by atoms with Gasteiger partial charge in [-0.15, -0.1) is 0 Å². The van der Waals surface area contributed by atoms with E-state index in [-0.39, 0.29) is 17.9 Å². The maximum Gasteiger partial charge on any atom is 0.251 e. The number of ether oxygens (including phenoxy) is 2. The Morgan fingerprint density at radius 2 is 1.90 bits per heavy atom. The summed E-state index contributed by atoms with van der Waals surface area (Å²) in [6.45, 7) is 5.26. The Hall–Kier alpha value is -3.28. The molecule has 1 aliphatic rings. The molecule has 1 aromatic heterocycles. The molecule has 0 aliphatic carbocycles. The van der Waals surface area contributed by atoms with E-state index in [1.54, 1.807) is 32.4 Å². The first-order valence-corrected chi connectivity index (χ1v) is 10.7. The van der Waals surface area contributed by atoms with Gasteiger partial charge in [-0.2, -0.15) is 0 Å². The lowest BCUT2D eigenvalue weighted by Gasteiger charge is -2.23. The molecule has 1 N–H and O–H groups in total. The van der Waals surface area contributed by atoms with Crippen LogP contribution in [0.3, 0.4) is 0 Å². The van der Waals surface area contributed by atoms with E-state index in [1.165, 1.54) is 6.42 Å². The lowest BCUT2D eigenvalue weighted by Crippen LogP contribution is -2.31. The van der Waals surface area contributed by atoms with E-state index in [9.17, 15) is 4.79 Å². The number of imidazole rings is 1. The van der Waals surface area contributed by atoms with Gasteiger partial charge in [0.2, 0.25) is 0 Å². The van der Waals surface area contributed by atoms with Crippen molar-refractivity contribution in [3.8, 4) is 22.8 Å². The molecular formula is C25H29N3O3. The van der Waals surface area contributed by atoms with E-state index >= 15 is 0 Å². The topological polar surface area (TPSA) is 65.4 Å². The van der Waals surface area contributed by atoms with E-state index in [0.29, 0.717) is 17.1 Å². The predicted octanol–water partition coefficient (Wildman–Crippen LogP) is 4.64. The molecule has 1 aliphatic heterocycles. The Balaban J connectivity index is 1.58. The number of methoxy groups -OCH3 is 2. The maximum atomic E-state index is 13.0. The number of nitrogens with one attached hydrogen (secondary N) is 1. The zero-order valence-corrected chi connectivity index (χ0v) is 18.5. The number of rotatable bonds is 7. The van der Waals surface area contributed by atoms with Gasteiger partial charge in [-0.05, 0) is 42.2 Å². The fourth-order valence-corrected chi connectivity index (χ4v) is 4.12. The van der Waals surface area contributed by atoms with Crippen molar-refractivity contribution in [3.63, 3.8) is 0 Å². The summed E-state index contributed by atoms with van der Waals surface area (Å²) in [7, 11) is 3.14. The van der Waals surface area contributed by atoms with Crippen LogP contribution in [0.5, 0.6) is 11.5 Å². The average molecular weight is 420 g/mol. The van der Waals surface area contributed by atoms with Crippen molar-refractivity contribution in [1.29, 1.82) is 0 Å². The first-order chi connectivity index (χ1) is 15.0. The molecule has 0 fully saturated rings. The molecule has 1 atom stereocenters. The maximum absolute atomic E-state index is 13.0. The molecule has 6 nitrogen and oxygen atoms in total. The SMILES string of the molecule is COc1ccc(C(=O)NC(c2cccc(-c3cn4c(n3)CCC4)c2)C(C)C)cc1OC. The Labute approximate surface area is 183 Å². The van der Waals surface area contributed by atoms with E-state index in [4.69, 9.17) is 14.5 Å². The third-order valence-electron chi connectivity index (χ3n) is 5.80. The van der Waals surface area contributed by atoms with Crippen LogP contribution in [-0.4, -0.2) is 29.7 Å². The first kappa shape index (κ1) is 21.0. The zero-order chi connectivity index (χ0) is 22.0. The van der Waals surface area contributed by atoms with Gasteiger partial charge in [-0.1, -0.05) is 32.0 Å². The third kappa shape index (κ3) is 4.29. The molecule has 2 aromatic carbocycles. The van der Waals surface area contributed by atoms with Gasteiger partial charge in [0.05, 0.1) is 26.0 Å². The molecule has 0 saturated heterocycles. The predicted molar refractivity (Wildman–Crippen MR) is 121 cm³/mol.